The molecule has 0 spiro atoms. The Labute approximate surface area is 87.0 Å². The van der Waals surface area contributed by atoms with E-state index in [1.54, 1.807) is 0 Å². The van der Waals surface area contributed by atoms with Gasteiger partial charge in [-0.1, -0.05) is 32.4 Å². The van der Waals surface area contributed by atoms with Crippen molar-refractivity contribution in [3.8, 4) is 6.07 Å². The summed E-state index contributed by atoms with van der Waals surface area (Å²) in [7, 11) is 0. The zero-order valence-corrected chi connectivity index (χ0v) is 9.38. The third kappa shape index (κ3) is 1.57. The maximum Gasteiger partial charge on any atom is 0.105 e. The van der Waals surface area contributed by atoms with Crippen LogP contribution < -0.4 is 5.32 Å². The molecule has 1 aliphatic heterocycles. The molecule has 1 heterocycles. The summed E-state index contributed by atoms with van der Waals surface area (Å²) >= 11 is 0. The molecule has 0 aromatic rings. The normalized spacial score (nSPS) is 37.6. The van der Waals surface area contributed by atoms with Gasteiger partial charge in [-0.05, 0) is 19.3 Å². The highest BCUT2D eigenvalue weighted by Crippen LogP contribution is 2.42. The van der Waals surface area contributed by atoms with Gasteiger partial charge in [-0.15, -0.1) is 0 Å². The lowest BCUT2D eigenvalue weighted by Gasteiger charge is -2.32. The number of nitrogens with one attached hydrogen (secondary N) is 1. The number of hydrogen-bond acceptors (Lipinski definition) is 2. The van der Waals surface area contributed by atoms with Crippen LogP contribution >= 0.6 is 0 Å². The molecule has 1 rings (SSSR count). The minimum Gasteiger partial charge on any atom is -0.301 e. The Morgan fingerprint density at radius 1 is 1.57 bits per heavy atom. The molecule has 1 aliphatic rings. The standard InChI is InChI=1S/C12H20N2/c1-4-7-12(6-3)10(5-2)9-14-11(12)8-13/h4,7,10-11,14H,5-6,9H2,1-3H3. The molecule has 2 nitrogen and oxygen atoms in total. The molecule has 1 fully saturated rings. The highest BCUT2D eigenvalue weighted by molar-refractivity contribution is 5.18. The number of nitrogens with zero attached hydrogens (tertiary/aromatic N) is 1. The van der Waals surface area contributed by atoms with Crippen molar-refractivity contribution in [3.63, 3.8) is 0 Å². The predicted octanol–water partition coefficient (Wildman–Crippen LogP) is 2.48. The van der Waals surface area contributed by atoms with Crippen LogP contribution in [0.25, 0.3) is 0 Å². The van der Waals surface area contributed by atoms with Gasteiger partial charge in [-0.3, -0.25) is 0 Å². The molecular formula is C12H20N2. The third-order valence-electron chi connectivity index (χ3n) is 3.58. The zero-order valence-electron chi connectivity index (χ0n) is 9.38. The minimum atomic E-state index is -0.00588. The average molecular weight is 192 g/mol. The molecule has 78 valence electrons. The van der Waals surface area contributed by atoms with E-state index in [0.717, 1.165) is 19.4 Å². The molecule has 3 unspecified atom stereocenters. The van der Waals surface area contributed by atoms with Gasteiger partial charge >= 0.3 is 0 Å². The van der Waals surface area contributed by atoms with E-state index in [2.05, 4.69) is 37.4 Å². The number of hydrogen-bond donors (Lipinski definition) is 1. The molecule has 0 amide bonds. The van der Waals surface area contributed by atoms with E-state index in [1.165, 1.54) is 0 Å². The molecule has 0 bridgehead atoms. The molecule has 1 saturated heterocycles. The maximum atomic E-state index is 9.13. The van der Waals surface area contributed by atoms with Crippen molar-refractivity contribution in [1.29, 1.82) is 5.26 Å². The second-order valence-corrected chi connectivity index (χ2v) is 4.04. The quantitative estimate of drug-likeness (QED) is 0.697. The number of allylic oxidation sites excluding steroid dienone is 1. The smallest absolute Gasteiger partial charge is 0.105 e. The van der Waals surface area contributed by atoms with Gasteiger partial charge in [-0.25, -0.2) is 0 Å². The first-order valence-corrected chi connectivity index (χ1v) is 5.52. The van der Waals surface area contributed by atoms with Gasteiger partial charge in [0.25, 0.3) is 0 Å². The lowest BCUT2D eigenvalue weighted by molar-refractivity contribution is 0.258. The fraction of sp³-hybridized carbons (Fsp3) is 0.750. The van der Waals surface area contributed by atoms with E-state index in [1.807, 2.05) is 6.92 Å². The Kier molecular flexibility index (Phi) is 3.71. The van der Waals surface area contributed by atoms with Crippen LogP contribution in [0.5, 0.6) is 0 Å². The van der Waals surface area contributed by atoms with Crippen LogP contribution in [-0.4, -0.2) is 12.6 Å². The van der Waals surface area contributed by atoms with E-state index in [-0.39, 0.29) is 11.5 Å². The topological polar surface area (TPSA) is 35.8 Å². The van der Waals surface area contributed by atoms with Crippen LogP contribution in [0.3, 0.4) is 0 Å². The number of rotatable bonds is 3. The first-order chi connectivity index (χ1) is 6.75. The summed E-state index contributed by atoms with van der Waals surface area (Å²) in [5, 5.41) is 12.4. The molecule has 0 radical (unpaired) electrons. The lowest BCUT2D eigenvalue weighted by Crippen LogP contribution is -2.36. The SMILES string of the molecule is CC=CC1(CC)C(CC)CNC1C#N. The lowest BCUT2D eigenvalue weighted by atomic mass is 9.70. The van der Waals surface area contributed by atoms with Crippen molar-refractivity contribution in [1.82, 2.24) is 5.32 Å². The summed E-state index contributed by atoms with van der Waals surface area (Å²) in [6.45, 7) is 7.41. The molecule has 0 aliphatic carbocycles. The molecule has 3 atom stereocenters. The van der Waals surface area contributed by atoms with E-state index >= 15 is 0 Å². The molecule has 0 saturated carbocycles. The molecule has 0 aromatic heterocycles. The van der Waals surface area contributed by atoms with Crippen molar-refractivity contribution in [2.24, 2.45) is 11.3 Å². The second kappa shape index (κ2) is 4.61. The first-order valence-electron chi connectivity index (χ1n) is 5.52. The van der Waals surface area contributed by atoms with Crippen LogP contribution in [0, 0.1) is 22.7 Å². The summed E-state index contributed by atoms with van der Waals surface area (Å²) in [5.74, 6) is 0.605. The van der Waals surface area contributed by atoms with Crippen molar-refractivity contribution < 1.29 is 0 Å². The third-order valence-corrected chi connectivity index (χ3v) is 3.58. The fourth-order valence-electron chi connectivity index (χ4n) is 2.72. The molecule has 2 heteroatoms. The Hall–Kier alpha value is -0.810. The van der Waals surface area contributed by atoms with E-state index in [0.29, 0.717) is 5.92 Å². The van der Waals surface area contributed by atoms with E-state index in [4.69, 9.17) is 5.26 Å². The Bertz CT molecular complexity index is 252. The van der Waals surface area contributed by atoms with Crippen molar-refractivity contribution in [2.45, 2.75) is 39.7 Å². The van der Waals surface area contributed by atoms with E-state index in [9.17, 15) is 0 Å². The minimum absolute atomic E-state index is 0.00588. The molecular weight excluding hydrogens is 172 g/mol. The van der Waals surface area contributed by atoms with Gasteiger partial charge in [0.15, 0.2) is 0 Å². The monoisotopic (exact) mass is 192 g/mol. The van der Waals surface area contributed by atoms with Crippen molar-refractivity contribution in [3.05, 3.63) is 12.2 Å². The molecule has 14 heavy (non-hydrogen) atoms. The molecule has 0 aromatic carbocycles. The summed E-state index contributed by atoms with van der Waals surface area (Å²) in [5.41, 5.74) is 0.0677. The highest BCUT2D eigenvalue weighted by atomic mass is 15.0. The zero-order chi connectivity index (χ0) is 10.6. The summed E-state index contributed by atoms with van der Waals surface area (Å²) in [4.78, 5) is 0. The number of nitriles is 1. The second-order valence-electron chi connectivity index (χ2n) is 4.04. The van der Waals surface area contributed by atoms with Gasteiger partial charge in [0, 0.05) is 12.0 Å². The largest absolute Gasteiger partial charge is 0.301 e. The summed E-state index contributed by atoms with van der Waals surface area (Å²) in [6.07, 6.45) is 6.50. The average Bonchev–Trinajstić information content (AvgIpc) is 2.56. The van der Waals surface area contributed by atoms with E-state index < -0.39 is 0 Å². The van der Waals surface area contributed by atoms with Crippen LogP contribution in [0.1, 0.15) is 33.6 Å². The van der Waals surface area contributed by atoms with Crippen molar-refractivity contribution in [2.75, 3.05) is 6.54 Å². The van der Waals surface area contributed by atoms with Crippen LogP contribution in [0.15, 0.2) is 12.2 Å². The van der Waals surface area contributed by atoms with Crippen LogP contribution in [0.4, 0.5) is 0 Å². The Morgan fingerprint density at radius 2 is 2.29 bits per heavy atom. The fourth-order valence-corrected chi connectivity index (χ4v) is 2.72. The maximum absolute atomic E-state index is 9.13. The van der Waals surface area contributed by atoms with Gasteiger partial charge in [0.2, 0.25) is 0 Å². The van der Waals surface area contributed by atoms with Gasteiger partial charge in [0.1, 0.15) is 6.04 Å². The van der Waals surface area contributed by atoms with Crippen LogP contribution in [0.2, 0.25) is 0 Å². The highest BCUT2D eigenvalue weighted by Gasteiger charge is 2.46. The van der Waals surface area contributed by atoms with Gasteiger partial charge in [0.05, 0.1) is 6.07 Å². The van der Waals surface area contributed by atoms with Crippen LogP contribution in [-0.2, 0) is 0 Å². The van der Waals surface area contributed by atoms with Gasteiger partial charge < -0.3 is 5.32 Å². The summed E-state index contributed by atoms with van der Waals surface area (Å²) < 4.78 is 0. The van der Waals surface area contributed by atoms with Crippen molar-refractivity contribution >= 4 is 0 Å². The first kappa shape index (κ1) is 11.3. The Balaban J connectivity index is 3.01. The Morgan fingerprint density at radius 3 is 2.71 bits per heavy atom. The summed E-state index contributed by atoms with van der Waals surface area (Å²) in [6, 6.07) is 2.39. The predicted molar refractivity (Wildman–Crippen MR) is 58.7 cm³/mol. The molecule has 1 N–H and O–H groups in total. The van der Waals surface area contributed by atoms with Gasteiger partial charge in [-0.2, -0.15) is 5.26 Å².